The molecule has 0 radical (unpaired) electrons. The van der Waals surface area contributed by atoms with E-state index in [0.29, 0.717) is 41.7 Å². The van der Waals surface area contributed by atoms with Crippen LogP contribution >= 0.6 is 0 Å². The van der Waals surface area contributed by atoms with Gasteiger partial charge in [0.25, 0.3) is 0 Å². The van der Waals surface area contributed by atoms with Crippen molar-refractivity contribution < 1.29 is 9.59 Å². The van der Waals surface area contributed by atoms with Crippen LogP contribution in [0.5, 0.6) is 0 Å². The lowest BCUT2D eigenvalue weighted by atomic mass is 9.47. The van der Waals surface area contributed by atoms with E-state index in [1.165, 1.54) is 11.1 Å². The summed E-state index contributed by atoms with van der Waals surface area (Å²) >= 11 is 0. The zero-order valence-electron chi connectivity index (χ0n) is 19.5. The second-order valence-electron chi connectivity index (χ2n) is 11.4. The molecule has 0 amide bonds. The van der Waals surface area contributed by atoms with Crippen molar-refractivity contribution in [1.29, 1.82) is 0 Å². The van der Waals surface area contributed by atoms with E-state index >= 15 is 0 Å². The Morgan fingerprint density at radius 2 is 1.68 bits per heavy atom. The zero-order chi connectivity index (χ0) is 22.0. The first kappa shape index (κ1) is 20.9. The lowest BCUT2D eigenvalue weighted by molar-refractivity contribution is -0.130. The first-order valence-corrected chi connectivity index (χ1v) is 12.3. The van der Waals surface area contributed by atoms with Gasteiger partial charge in [-0.05, 0) is 96.5 Å². The smallest absolute Gasteiger partial charge is 0.165 e. The third kappa shape index (κ3) is 3.20. The van der Waals surface area contributed by atoms with E-state index in [1.54, 1.807) is 0 Å². The molecule has 31 heavy (non-hydrogen) atoms. The maximum atomic E-state index is 13.6. The number of fused-ring (bicyclic) bond motifs is 5. The highest BCUT2D eigenvalue weighted by Crippen LogP contribution is 2.65. The Morgan fingerprint density at radius 1 is 0.935 bits per heavy atom. The van der Waals surface area contributed by atoms with Crippen LogP contribution in [0.25, 0.3) is 6.08 Å². The number of benzene rings is 1. The van der Waals surface area contributed by atoms with Gasteiger partial charge in [0.15, 0.2) is 11.6 Å². The predicted octanol–water partition coefficient (Wildman–Crippen LogP) is 6.90. The van der Waals surface area contributed by atoms with E-state index in [1.807, 2.05) is 6.08 Å². The van der Waals surface area contributed by atoms with Gasteiger partial charge in [-0.2, -0.15) is 0 Å². The molecular weight excluding hydrogens is 380 g/mol. The highest BCUT2D eigenvalue weighted by molar-refractivity contribution is 6.06. The summed E-state index contributed by atoms with van der Waals surface area (Å²) < 4.78 is 0. The van der Waals surface area contributed by atoms with Gasteiger partial charge in [0.1, 0.15) is 0 Å². The van der Waals surface area contributed by atoms with E-state index in [-0.39, 0.29) is 10.8 Å². The summed E-state index contributed by atoms with van der Waals surface area (Å²) in [6.07, 6.45) is 11.1. The standard InChI is InChI=1S/C29H36O2/c1-18(2)20-7-5-19(6-8-20)15-21-16-26-24-10-9-22-17-23(30)11-13-28(22,3)25(24)12-14-29(26,4)27(21)31/h5-8,15,17-18,24-26H,9-14,16H2,1-4H3/t24-,25-,26+,28+,29+/m1/s1. The van der Waals surface area contributed by atoms with Gasteiger partial charge in [-0.25, -0.2) is 0 Å². The van der Waals surface area contributed by atoms with Gasteiger partial charge in [-0.15, -0.1) is 0 Å². The Balaban J connectivity index is 1.44. The molecule has 0 unspecified atom stereocenters. The van der Waals surface area contributed by atoms with Gasteiger partial charge in [0, 0.05) is 11.8 Å². The Kier molecular flexibility index (Phi) is 4.92. The maximum Gasteiger partial charge on any atom is 0.165 e. The SMILES string of the molecule is CC(C)c1ccc(C=C2C[C@H]3[C@@H]4CCC5=CC(=O)CC[C@]5(C)[C@@H]4CC[C@]3(C)C2=O)cc1. The monoisotopic (exact) mass is 416 g/mol. The molecule has 1 aromatic rings. The van der Waals surface area contributed by atoms with Crippen LogP contribution in [0.3, 0.4) is 0 Å². The predicted molar refractivity (Wildman–Crippen MR) is 126 cm³/mol. The summed E-state index contributed by atoms with van der Waals surface area (Å²) in [6.45, 7) is 9.08. The molecule has 3 fully saturated rings. The molecule has 0 aromatic heterocycles. The van der Waals surface area contributed by atoms with Crippen LogP contribution in [0, 0.1) is 28.6 Å². The molecule has 0 spiro atoms. The summed E-state index contributed by atoms with van der Waals surface area (Å²) in [6, 6.07) is 8.73. The van der Waals surface area contributed by atoms with Crippen molar-refractivity contribution in [2.45, 2.75) is 78.6 Å². The molecule has 4 aliphatic rings. The fourth-order valence-corrected chi connectivity index (χ4v) is 7.54. The van der Waals surface area contributed by atoms with E-state index in [9.17, 15) is 9.59 Å². The Labute approximate surface area is 187 Å². The average Bonchev–Trinajstić information content (AvgIpc) is 2.99. The Morgan fingerprint density at radius 3 is 2.39 bits per heavy atom. The minimum atomic E-state index is -0.201. The van der Waals surface area contributed by atoms with Crippen molar-refractivity contribution in [3.05, 3.63) is 52.6 Å². The number of carbonyl (C=O) groups is 2. The fraction of sp³-hybridized carbons (Fsp3) is 0.586. The van der Waals surface area contributed by atoms with Crippen molar-refractivity contribution in [2.24, 2.45) is 28.6 Å². The molecule has 164 valence electrons. The highest BCUT2D eigenvalue weighted by atomic mass is 16.1. The molecule has 3 saturated carbocycles. The molecule has 0 aliphatic heterocycles. The molecule has 2 heteroatoms. The summed E-state index contributed by atoms with van der Waals surface area (Å²) in [7, 11) is 0. The van der Waals surface area contributed by atoms with Crippen LogP contribution < -0.4 is 0 Å². The number of rotatable bonds is 2. The van der Waals surface area contributed by atoms with Crippen LogP contribution in [0.1, 0.15) is 89.7 Å². The van der Waals surface area contributed by atoms with Crippen LogP contribution in [-0.4, -0.2) is 11.6 Å². The first-order chi connectivity index (χ1) is 14.7. The van der Waals surface area contributed by atoms with Crippen molar-refractivity contribution in [2.75, 3.05) is 0 Å². The topological polar surface area (TPSA) is 34.1 Å². The van der Waals surface area contributed by atoms with E-state index in [4.69, 9.17) is 0 Å². The number of carbonyl (C=O) groups excluding carboxylic acids is 2. The molecule has 0 bridgehead atoms. The molecule has 1 aromatic carbocycles. The number of hydrogen-bond acceptors (Lipinski definition) is 2. The molecule has 0 heterocycles. The second kappa shape index (κ2) is 7.29. The Hall–Kier alpha value is -1.96. The Bertz CT molecular complexity index is 978. The summed E-state index contributed by atoms with van der Waals surface area (Å²) in [4.78, 5) is 25.6. The van der Waals surface area contributed by atoms with Crippen LogP contribution in [-0.2, 0) is 9.59 Å². The van der Waals surface area contributed by atoms with Crippen molar-refractivity contribution in [1.82, 2.24) is 0 Å². The summed E-state index contributed by atoms with van der Waals surface area (Å²) in [5.41, 5.74) is 4.90. The quantitative estimate of drug-likeness (QED) is 0.491. The van der Waals surface area contributed by atoms with E-state index < -0.39 is 0 Å². The molecule has 0 N–H and O–H groups in total. The molecule has 4 aliphatic carbocycles. The van der Waals surface area contributed by atoms with Crippen LogP contribution in [0.15, 0.2) is 41.5 Å². The maximum absolute atomic E-state index is 13.6. The van der Waals surface area contributed by atoms with Crippen LogP contribution in [0.4, 0.5) is 0 Å². The third-order valence-electron chi connectivity index (χ3n) is 9.55. The van der Waals surface area contributed by atoms with E-state index in [0.717, 1.165) is 49.7 Å². The van der Waals surface area contributed by atoms with Crippen molar-refractivity contribution in [3.8, 4) is 0 Å². The number of hydrogen-bond donors (Lipinski definition) is 0. The van der Waals surface area contributed by atoms with Crippen LogP contribution in [0.2, 0.25) is 0 Å². The van der Waals surface area contributed by atoms with Gasteiger partial charge >= 0.3 is 0 Å². The first-order valence-electron chi connectivity index (χ1n) is 12.3. The second-order valence-corrected chi connectivity index (χ2v) is 11.4. The molecule has 2 nitrogen and oxygen atoms in total. The van der Waals surface area contributed by atoms with E-state index in [2.05, 4.69) is 58.0 Å². The lowest BCUT2D eigenvalue weighted by Gasteiger charge is -2.56. The van der Waals surface area contributed by atoms with Gasteiger partial charge in [-0.1, -0.05) is 57.5 Å². The minimum Gasteiger partial charge on any atom is -0.295 e. The average molecular weight is 417 g/mol. The number of allylic oxidation sites excluding steroid dienone is 2. The summed E-state index contributed by atoms with van der Waals surface area (Å²) in [5, 5.41) is 0. The van der Waals surface area contributed by atoms with Gasteiger partial charge in [0.2, 0.25) is 0 Å². The molecule has 0 saturated heterocycles. The molecule has 5 rings (SSSR count). The molecule has 5 atom stereocenters. The van der Waals surface area contributed by atoms with Crippen molar-refractivity contribution in [3.63, 3.8) is 0 Å². The largest absolute Gasteiger partial charge is 0.295 e. The fourth-order valence-electron chi connectivity index (χ4n) is 7.54. The highest BCUT2D eigenvalue weighted by Gasteiger charge is 2.60. The van der Waals surface area contributed by atoms with Gasteiger partial charge < -0.3 is 0 Å². The summed E-state index contributed by atoms with van der Waals surface area (Å²) in [5.74, 6) is 2.92. The zero-order valence-corrected chi connectivity index (χ0v) is 19.5. The number of Topliss-reactive ketones (excluding diaryl/α,β-unsaturated/α-hetero) is 1. The minimum absolute atomic E-state index is 0.167. The van der Waals surface area contributed by atoms with Gasteiger partial charge in [0.05, 0.1) is 0 Å². The third-order valence-corrected chi connectivity index (χ3v) is 9.55. The van der Waals surface area contributed by atoms with Crippen molar-refractivity contribution >= 4 is 17.6 Å². The number of ketones is 2. The van der Waals surface area contributed by atoms with Gasteiger partial charge in [-0.3, -0.25) is 9.59 Å². The molecular formula is C29H36O2. The normalized spacial score (nSPS) is 38.7. The lowest BCUT2D eigenvalue weighted by Crippen LogP contribution is -2.50.